The molecular formula is C17H17N5O2. The number of carboxylic acid groups (broad SMARTS) is 1. The van der Waals surface area contributed by atoms with Gasteiger partial charge in [0.25, 0.3) is 0 Å². The van der Waals surface area contributed by atoms with Gasteiger partial charge >= 0.3 is 5.97 Å². The fourth-order valence-electron chi connectivity index (χ4n) is 3.23. The number of aliphatic carboxylic acids is 1. The first-order valence-electron chi connectivity index (χ1n) is 7.96. The maximum Gasteiger partial charge on any atom is 0.306 e. The second kappa shape index (κ2) is 5.92. The Morgan fingerprint density at radius 3 is 2.62 bits per heavy atom. The van der Waals surface area contributed by atoms with E-state index in [0.717, 1.165) is 22.5 Å². The van der Waals surface area contributed by atoms with Crippen molar-refractivity contribution in [2.75, 3.05) is 18.0 Å². The normalized spacial score (nSPS) is 15.8. The number of rotatable bonds is 3. The monoisotopic (exact) mass is 323 g/mol. The van der Waals surface area contributed by atoms with E-state index in [0.29, 0.717) is 31.6 Å². The highest BCUT2D eigenvalue weighted by Crippen LogP contribution is 2.33. The second-order valence-electron chi connectivity index (χ2n) is 5.96. The zero-order valence-electron chi connectivity index (χ0n) is 13.0. The molecule has 1 aliphatic heterocycles. The number of hydrogen-bond donors (Lipinski definition) is 2. The van der Waals surface area contributed by atoms with Crippen LogP contribution in [0.15, 0.2) is 36.7 Å². The van der Waals surface area contributed by atoms with E-state index >= 15 is 0 Å². The fraction of sp³-hybridized carbons (Fsp3) is 0.294. The number of carboxylic acids is 1. The number of aromatic amines is 1. The summed E-state index contributed by atoms with van der Waals surface area (Å²) in [5.41, 5.74) is 2.54. The van der Waals surface area contributed by atoms with Crippen molar-refractivity contribution in [3.05, 3.63) is 36.7 Å². The van der Waals surface area contributed by atoms with E-state index in [1.54, 1.807) is 0 Å². The largest absolute Gasteiger partial charge is 0.481 e. The molecule has 1 aromatic carbocycles. The number of nitrogens with zero attached hydrogens (tertiary/aromatic N) is 4. The highest BCUT2D eigenvalue weighted by Gasteiger charge is 2.27. The van der Waals surface area contributed by atoms with E-state index in [2.05, 4.69) is 25.1 Å². The van der Waals surface area contributed by atoms with Gasteiger partial charge in [0, 0.05) is 18.7 Å². The summed E-state index contributed by atoms with van der Waals surface area (Å²) < 4.78 is 0. The van der Waals surface area contributed by atoms with Crippen LogP contribution in [0.25, 0.3) is 22.3 Å². The lowest BCUT2D eigenvalue weighted by atomic mass is 9.97. The number of benzene rings is 1. The Morgan fingerprint density at radius 1 is 1.17 bits per heavy atom. The van der Waals surface area contributed by atoms with Gasteiger partial charge < -0.3 is 10.0 Å². The first kappa shape index (κ1) is 14.6. The minimum absolute atomic E-state index is 0.267. The van der Waals surface area contributed by atoms with Gasteiger partial charge in [0.15, 0.2) is 5.65 Å². The first-order chi connectivity index (χ1) is 11.7. The van der Waals surface area contributed by atoms with Crippen LogP contribution in [0.2, 0.25) is 0 Å². The van der Waals surface area contributed by atoms with E-state index in [4.69, 9.17) is 5.11 Å². The Balaban J connectivity index is 1.74. The molecule has 0 atom stereocenters. The van der Waals surface area contributed by atoms with Crippen molar-refractivity contribution in [3.8, 4) is 11.3 Å². The molecule has 2 N–H and O–H groups in total. The smallest absolute Gasteiger partial charge is 0.306 e. The molecule has 0 bridgehead atoms. The Labute approximate surface area is 138 Å². The van der Waals surface area contributed by atoms with E-state index < -0.39 is 5.97 Å². The topological polar surface area (TPSA) is 95.0 Å². The molecule has 2 aromatic heterocycles. The maximum absolute atomic E-state index is 11.1. The maximum atomic E-state index is 11.1. The van der Waals surface area contributed by atoms with Gasteiger partial charge in [0.2, 0.25) is 0 Å². The van der Waals surface area contributed by atoms with Gasteiger partial charge in [-0.3, -0.25) is 9.89 Å². The lowest BCUT2D eigenvalue weighted by molar-refractivity contribution is -0.142. The molecule has 0 saturated carbocycles. The molecule has 0 aliphatic carbocycles. The van der Waals surface area contributed by atoms with Crippen LogP contribution in [0.3, 0.4) is 0 Å². The summed E-state index contributed by atoms with van der Waals surface area (Å²) in [7, 11) is 0. The molecule has 0 spiro atoms. The Hall–Kier alpha value is -2.96. The predicted octanol–water partition coefficient (Wildman–Crippen LogP) is 2.32. The van der Waals surface area contributed by atoms with Crippen LogP contribution in [0, 0.1) is 5.92 Å². The van der Waals surface area contributed by atoms with Crippen molar-refractivity contribution < 1.29 is 9.90 Å². The third-order valence-corrected chi connectivity index (χ3v) is 4.54. The van der Waals surface area contributed by atoms with Gasteiger partial charge in [0.05, 0.1) is 17.0 Å². The second-order valence-corrected chi connectivity index (χ2v) is 5.96. The number of H-pyrrole nitrogens is 1. The van der Waals surface area contributed by atoms with Crippen LogP contribution in [0.4, 0.5) is 5.82 Å². The van der Waals surface area contributed by atoms with E-state index in [-0.39, 0.29) is 5.92 Å². The summed E-state index contributed by atoms with van der Waals surface area (Å²) in [4.78, 5) is 22.0. The summed E-state index contributed by atoms with van der Waals surface area (Å²) in [6, 6.07) is 9.95. The minimum atomic E-state index is -0.712. The molecule has 0 radical (unpaired) electrons. The van der Waals surface area contributed by atoms with E-state index in [1.165, 1.54) is 6.33 Å². The molecule has 1 saturated heterocycles. The Morgan fingerprint density at radius 2 is 1.92 bits per heavy atom. The van der Waals surface area contributed by atoms with Gasteiger partial charge in [-0.1, -0.05) is 30.3 Å². The number of carbonyl (C=O) groups is 1. The Bertz CT molecular complexity index is 869. The predicted molar refractivity (Wildman–Crippen MR) is 89.7 cm³/mol. The third-order valence-electron chi connectivity index (χ3n) is 4.54. The van der Waals surface area contributed by atoms with Crippen molar-refractivity contribution in [2.45, 2.75) is 12.8 Å². The molecule has 3 heterocycles. The number of piperidine rings is 1. The summed E-state index contributed by atoms with van der Waals surface area (Å²) in [5.74, 6) is -0.163. The Kier molecular flexibility index (Phi) is 3.60. The van der Waals surface area contributed by atoms with E-state index in [9.17, 15) is 4.79 Å². The molecular weight excluding hydrogens is 306 g/mol. The van der Waals surface area contributed by atoms with Crippen LogP contribution in [0.1, 0.15) is 12.8 Å². The van der Waals surface area contributed by atoms with Gasteiger partial charge in [-0.15, -0.1) is 0 Å². The lowest BCUT2D eigenvalue weighted by Gasteiger charge is -2.31. The van der Waals surface area contributed by atoms with Crippen molar-refractivity contribution >= 4 is 22.8 Å². The van der Waals surface area contributed by atoms with Crippen molar-refractivity contribution in [1.82, 2.24) is 20.2 Å². The molecule has 1 fully saturated rings. The summed E-state index contributed by atoms with van der Waals surface area (Å²) in [5, 5.41) is 17.4. The third kappa shape index (κ3) is 2.47. The quantitative estimate of drug-likeness (QED) is 0.768. The van der Waals surface area contributed by atoms with Crippen molar-refractivity contribution in [3.63, 3.8) is 0 Å². The number of anilines is 1. The molecule has 7 heteroatoms. The average Bonchev–Trinajstić information content (AvgIpc) is 3.07. The molecule has 0 amide bonds. The summed E-state index contributed by atoms with van der Waals surface area (Å²) in [6.45, 7) is 1.34. The van der Waals surface area contributed by atoms with Crippen LogP contribution in [0.5, 0.6) is 0 Å². The van der Waals surface area contributed by atoms with Crippen molar-refractivity contribution in [1.29, 1.82) is 0 Å². The van der Waals surface area contributed by atoms with Gasteiger partial charge in [-0.25, -0.2) is 9.97 Å². The van der Waals surface area contributed by atoms with Crippen LogP contribution in [-0.4, -0.2) is 44.3 Å². The zero-order chi connectivity index (χ0) is 16.5. The zero-order valence-corrected chi connectivity index (χ0v) is 13.0. The summed E-state index contributed by atoms with van der Waals surface area (Å²) in [6.07, 6.45) is 2.76. The summed E-state index contributed by atoms with van der Waals surface area (Å²) >= 11 is 0. The van der Waals surface area contributed by atoms with Crippen LogP contribution in [-0.2, 0) is 4.79 Å². The molecule has 24 heavy (non-hydrogen) atoms. The van der Waals surface area contributed by atoms with Gasteiger partial charge in [0.1, 0.15) is 12.1 Å². The molecule has 4 rings (SSSR count). The fourth-order valence-corrected chi connectivity index (χ4v) is 3.23. The first-order valence-corrected chi connectivity index (χ1v) is 7.96. The lowest BCUT2D eigenvalue weighted by Crippen LogP contribution is -2.36. The van der Waals surface area contributed by atoms with E-state index in [1.807, 2.05) is 30.3 Å². The molecule has 1 aliphatic rings. The molecule has 0 unspecified atom stereocenters. The molecule has 122 valence electrons. The standard InChI is InChI=1S/C17H17N5O2/c23-17(24)12-6-8-22(9-7-12)16-13-14(11-4-2-1-3-5-11)20-21-15(13)18-10-19-16/h1-5,10,12H,6-9H2,(H,23,24)(H,18,19,20,21). The van der Waals surface area contributed by atoms with Gasteiger partial charge in [-0.2, -0.15) is 5.10 Å². The molecule has 7 nitrogen and oxygen atoms in total. The minimum Gasteiger partial charge on any atom is -0.481 e. The van der Waals surface area contributed by atoms with Gasteiger partial charge in [-0.05, 0) is 12.8 Å². The van der Waals surface area contributed by atoms with Crippen LogP contribution >= 0.6 is 0 Å². The SMILES string of the molecule is O=C(O)C1CCN(c2ncnc3n[nH]c(-c4ccccc4)c23)CC1. The average molecular weight is 323 g/mol. The number of fused-ring (bicyclic) bond motifs is 1. The van der Waals surface area contributed by atoms with Crippen LogP contribution < -0.4 is 4.90 Å². The number of aromatic nitrogens is 4. The number of nitrogens with one attached hydrogen (secondary N) is 1. The highest BCUT2D eigenvalue weighted by atomic mass is 16.4. The van der Waals surface area contributed by atoms with Crippen molar-refractivity contribution in [2.24, 2.45) is 5.92 Å². The molecule has 3 aromatic rings. The highest BCUT2D eigenvalue weighted by molar-refractivity contribution is 5.98. The number of hydrogen-bond acceptors (Lipinski definition) is 5.